The van der Waals surface area contributed by atoms with Gasteiger partial charge in [-0.3, -0.25) is 4.57 Å². The Morgan fingerprint density at radius 2 is 1.29 bits per heavy atom. The van der Waals surface area contributed by atoms with Gasteiger partial charge in [0.05, 0.1) is 12.2 Å². The van der Waals surface area contributed by atoms with E-state index in [9.17, 15) is 8.96 Å². The van der Waals surface area contributed by atoms with Crippen LogP contribution in [0.4, 0.5) is 10.1 Å². The Kier molecular flexibility index (Phi) is 7.81. The summed E-state index contributed by atoms with van der Waals surface area (Å²) in [6, 6.07) is 16.0. The number of hydrogen-bond acceptors (Lipinski definition) is 4. The average Bonchev–Trinajstić information content (AvgIpc) is 2.80. The summed E-state index contributed by atoms with van der Waals surface area (Å²) in [6.07, 6.45) is 9.83. The van der Waals surface area contributed by atoms with Crippen molar-refractivity contribution < 1.29 is 18.0 Å². The number of rotatable bonds is 8. The van der Waals surface area contributed by atoms with Gasteiger partial charge in [-0.2, -0.15) is 0 Å². The summed E-state index contributed by atoms with van der Waals surface area (Å²) < 4.78 is 42.2. The second-order valence-electron chi connectivity index (χ2n) is 8.71. The number of benzene rings is 2. The molecular weight excluding hydrogens is 412 g/mol. The predicted molar refractivity (Wildman–Crippen MR) is 123 cm³/mol. The minimum atomic E-state index is -3.73. The second-order valence-corrected chi connectivity index (χ2v) is 10.7. The molecule has 0 spiro atoms. The molecule has 2 fully saturated rings. The molecule has 0 bridgehead atoms. The van der Waals surface area contributed by atoms with Crippen molar-refractivity contribution in [2.24, 2.45) is 0 Å². The molecule has 0 saturated heterocycles. The third-order valence-electron chi connectivity index (χ3n) is 6.29. The van der Waals surface area contributed by atoms with Crippen LogP contribution < -0.4 is 5.32 Å². The summed E-state index contributed by atoms with van der Waals surface area (Å²) in [4.78, 5) is 0. The molecule has 0 unspecified atom stereocenters. The molecule has 0 aromatic heterocycles. The molecule has 168 valence electrons. The maximum absolute atomic E-state index is 15.0. The molecule has 4 rings (SSSR count). The first-order valence-corrected chi connectivity index (χ1v) is 13.3. The fourth-order valence-electron chi connectivity index (χ4n) is 4.62. The lowest BCUT2D eigenvalue weighted by atomic mass is 9.98. The molecule has 6 heteroatoms. The van der Waals surface area contributed by atoms with Crippen LogP contribution in [-0.4, -0.2) is 12.2 Å². The van der Waals surface area contributed by atoms with Crippen LogP contribution in [0.15, 0.2) is 54.6 Å². The van der Waals surface area contributed by atoms with Crippen LogP contribution >= 0.6 is 7.60 Å². The lowest BCUT2D eigenvalue weighted by Gasteiger charge is -2.36. The van der Waals surface area contributed by atoms with Gasteiger partial charge in [0.2, 0.25) is 0 Å². The van der Waals surface area contributed by atoms with Crippen LogP contribution in [0.25, 0.3) is 0 Å². The Morgan fingerprint density at radius 3 is 1.84 bits per heavy atom. The highest BCUT2D eigenvalue weighted by Gasteiger charge is 2.43. The molecule has 4 nitrogen and oxygen atoms in total. The summed E-state index contributed by atoms with van der Waals surface area (Å²) in [5.74, 6) is -1.31. The van der Waals surface area contributed by atoms with Crippen LogP contribution in [0, 0.1) is 5.82 Å². The van der Waals surface area contributed by atoms with Crippen molar-refractivity contribution in [3.63, 3.8) is 0 Å². The monoisotopic (exact) mass is 445 g/mol. The van der Waals surface area contributed by atoms with Crippen molar-refractivity contribution in [1.29, 1.82) is 0 Å². The topological polar surface area (TPSA) is 47.6 Å². The molecule has 31 heavy (non-hydrogen) atoms. The number of halogens is 1. The summed E-state index contributed by atoms with van der Waals surface area (Å²) in [5.41, 5.74) is 1.08. The Bertz CT molecular complexity index is 842. The highest BCUT2D eigenvalue weighted by molar-refractivity contribution is 7.54. The third kappa shape index (κ3) is 5.97. The molecule has 1 N–H and O–H groups in total. The highest BCUT2D eigenvalue weighted by atomic mass is 31.2. The Balaban J connectivity index is 1.70. The first kappa shape index (κ1) is 22.5. The summed E-state index contributed by atoms with van der Waals surface area (Å²) >= 11 is 0. The molecule has 2 aliphatic carbocycles. The van der Waals surface area contributed by atoms with E-state index in [1.165, 1.54) is 18.9 Å². The van der Waals surface area contributed by atoms with Gasteiger partial charge in [0.25, 0.3) is 0 Å². The number of anilines is 1. The van der Waals surface area contributed by atoms with Crippen molar-refractivity contribution in [2.45, 2.75) is 82.2 Å². The minimum Gasteiger partial charge on any atom is -0.368 e. The smallest absolute Gasteiger partial charge is 0.357 e. The normalized spacial score (nSPS) is 19.8. The molecule has 0 aliphatic heterocycles. The van der Waals surface area contributed by atoms with Gasteiger partial charge in [-0.15, -0.1) is 0 Å². The van der Waals surface area contributed by atoms with E-state index in [4.69, 9.17) is 9.05 Å². The van der Waals surface area contributed by atoms with Gasteiger partial charge in [0, 0.05) is 11.3 Å². The fraction of sp³-hybridized carbons (Fsp3) is 0.520. The first-order valence-electron chi connectivity index (χ1n) is 11.7. The average molecular weight is 446 g/mol. The summed E-state index contributed by atoms with van der Waals surface area (Å²) in [5, 5.41) is 3.30. The van der Waals surface area contributed by atoms with Crippen molar-refractivity contribution in [3.8, 4) is 0 Å². The third-order valence-corrected chi connectivity index (χ3v) is 8.51. The maximum atomic E-state index is 15.0. The van der Waals surface area contributed by atoms with Crippen LogP contribution in [0.3, 0.4) is 0 Å². The SMILES string of the molecule is O=P(OC1CCCCC1)(OC1CCCCC1)[C@@H](Nc1ccccc1)c1ccccc1F. The van der Waals surface area contributed by atoms with Crippen molar-refractivity contribution in [3.05, 3.63) is 66.0 Å². The molecule has 0 amide bonds. The van der Waals surface area contributed by atoms with E-state index in [-0.39, 0.29) is 12.2 Å². The zero-order valence-electron chi connectivity index (χ0n) is 18.0. The van der Waals surface area contributed by atoms with Crippen LogP contribution in [-0.2, 0) is 13.6 Å². The molecule has 2 aromatic rings. The maximum Gasteiger partial charge on any atom is 0.357 e. The van der Waals surface area contributed by atoms with E-state index in [1.54, 1.807) is 18.2 Å². The molecule has 2 aromatic carbocycles. The zero-order chi connectivity index (χ0) is 21.5. The van der Waals surface area contributed by atoms with Crippen LogP contribution in [0.1, 0.15) is 75.6 Å². The van der Waals surface area contributed by atoms with E-state index >= 15 is 0 Å². The van der Waals surface area contributed by atoms with E-state index < -0.39 is 19.2 Å². The molecule has 0 radical (unpaired) electrons. The molecule has 2 aliphatic rings. The number of nitrogens with one attached hydrogen (secondary N) is 1. The fourth-order valence-corrected chi connectivity index (χ4v) is 7.02. The summed E-state index contributed by atoms with van der Waals surface area (Å²) in [7, 11) is -3.73. The van der Waals surface area contributed by atoms with E-state index in [1.807, 2.05) is 30.3 Å². The lowest BCUT2D eigenvalue weighted by molar-refractivity contribution is 0.0756. The molecule has 1 atom stereocenters. The van der Waals surface area contributed by atoms with Gasteiger partial charge in [-0.05, 0) is 43.9 Å². The Morgan fingerprint density at radius 1 is 0.774 bits per heavy atom. The molecule has 0 heterocycles. The predicted octanol–water partition coefficient (Wildman–Crippen LogP) is 7.83. The van der Waals surface area contributed by atoms with Gasteiger partial charge in [0.15, 0.2) is 5.78 Å². The van der Waals surface area contributed by atoms with E-state index in [2.05, 4.69) is 5.32 Å². The number of hydrogen-bond donors (Lipinski definition) is 1. The minimum absolute atomic E-state index is 0.116. The van der Waals surface area contributed by atoms with Crippen LogP contribution in [0.2, 0.25) is 0 Å². The van der Waals surface area contributed by atoms with Gasteiger partial charge in [0.1, 0.15) is 5.82 Å². The number of para-hydroxylation sites is 1. The Labute approximate surface area is 185 Å². The van der Waals surface area contributed by atoms with Gasteiger partial charge in [-0.1, -0.05) is 74.9 Å². The lowest BCUT2D eigenvalue weighted by Crippen LogP contribution is -2.25. The van der Waals surface area contributed by atoms with E-state index in [0.717, 1.165) is 57.1 Å². The van der Waals surface area contributed by atoms with Gasteiger partial charge < -0.3 is 14.4 Å². The largest absolute Gasteiger partial charge is 0.368 e. The van der Waals surface area contributed by atoms with Crippen molar-refractivity contribution in [1.82, 2.24) is 0 Å². The van der Waals surface area contributed by atoms with Crippen molar-refractivity contribution >= 4 is 13.3 Å². The molecular formula is C25H33FNO3P. The van der Waals surface area contributed by atoms with Gasteiger partial charge in [-0.25, -0.2) is 4.39 Å². The van der Waals surface area contributed by atoms with E-state index in [0.29, 0.717) is 5.56 Å². The van der Waals surface area contributed by atoms with Gasteiger partial charge >= 0.3 is 7.60 Å². The molecule has 2 saturated carbocycles. The summed E-state index contributed by atoms with van der Waals surface area (Å²) in [6.45, 7) is 0. The quantitative estimate of drug-likeness (QED) is 0.421. The first-order chi connectivity index (χ1) is 15.1. The second kappa shape index (κ2) is 10.8. The Hall–Kier alpha value is -1.68. The zero-order valence-corrected chi connectivity index (χ0v) is 18.9. The van der Waals surface area contributed by atoms with Crippen LogP contribution in [0.5, 0.6) is 0 Å². The highest BCUT2D eigenvalue weighted by Crippen LogP contribution is 2.64. The van der Waals surface area contributed by atoms with Crippen molar-refractivity contribution in [2.75, 3.05) is 5.32 Å². The standard InChI is InChI=1S/C25H33FNO3P/c26-24-19-11-10-18-23(24)25(27-20-12-4-1-5-13-20)31(28,29-21-14-6-2-7-15-21)30-22-16-8-3-9-17-22/h1,4-5,10-13,18-19,21-22,25,27H,2-3,6-9,14-17H2/t25-/m1/s1.